The second kappa shape index (κ2) is 3.76. The number of rotatable bonds is 1. The van der Waals surface area contributed by atoms with E-state index >= 15 is 0 Å². The van der Waals surface area contributed by atoms with Crippen LogP contribution in [0.4, 0.5) is 0 Å². The molecule has 2 nitrogen and oxygen atoms in total. The molecule has 1 aromatic rings. The summed E-state index contributed by atoms with van der Waals surface area (Å²) in [6.07, 6.45) is 1.25. The highest BCUT2D eigenvalue weighted by Crippen LogP contribution is 2.32. The third-order valence-corrected chi connectivity index (χ3v) is 3.46. The Hall–Kier alpha value is -0.410. The second-order valence-corrected chi connectivity index (χ2v) is 4.77. The SMILES string of the molecule is Cc1ccc(C2NC(C)CCS2)o1. The van der Waals surface area contributed by atoms with E-state index in [0.29, 0.717) is 11.4 Å². The zero-order chi connectivity index (χ0) is 9.26. The number of nitrogens with one attached hydrogen (secondary N) is 1. The van der Waals surface area contributed by atoms with Gasteiger partial charge in [0, 0.05) is 6.04 Å². The Morgan fingerprint density at radius 3 is 3.00 bits per heavy atom. The fraction of sp³-hybridized carbons (Fsp3) is 0.600. The van der Waals surface area contributed by atoms with Gasteiger partial charge in [-0.15, -0.1) is 11.8 Å². The number of hydrogen-bond donors (Lipinski definition) is 1. The van der Waals surface area contributed by atoms with Crippen molar-refractivity contribution in [3.05, 3.63) is 23.7 Å². The summed E-state index contributed by atoms with van der Waals surface area (Å²) in [5.41, 5.74) is 0. The summed E-state index contributed by atoms with van der Waals surface area (Å²) < 4.78 is 5.59. The molecule has 3 heteroatoms. The van der Waals surface area contributed by atoms with Crippen molar-refractivity contribution in [3.63, 3.8) is 0 Å². The van der Waals surface area contributed by atoms with Gasteiger partial charge in [-0.25, -0.2) is 0 Å². The third kappa shape index (κ3) is 2.09. The molecule has 0 aromatic carbocycles. The average Bonchev–Trinajstić information content (AvgIpc) is 2.52. The maximum Gasteiger partial charge on any atom is 0.131 e. The van der Waals surface area contributed by atoms with Crippen molar-refractivity contribution in [2.24, 2.45) is 0 Å². The first-order chi connectivity index (χ1) is 6.25. The molecule has 0 spiro atoms. The highest BCUT2D eigenvalue weighted by molar-refractivity contribution is 7.99. The van der Waals surface area contributed by atoms with Crippen LogP contribution in [0.1, 0.15) is 30.2 Å². The monoisotopic (exact) mass is 197 g/mol. The molecule has 0 amide bonds. The second-order valence-electron chi connectivity index (χ2n) is 3.56. The van der Waals surface area contributed by atoms with E-state index < -0.39 is 0 Å². The summed E-state index contributed by atoms with van der Waals surface area (Å²) in [6.45, 7) is 4.21. The van der Waals surface area contributed by atoms with Crippen molar-refractivity contribution >= 4 is 11.8 Å². The number of hydrogen-bond acceptors (Lipinski definition) is 3. The fourth-order valence-electron chi connectivity index (χ4n) is 1.51. The molecule has 1 aliphatic heterocycles. The molecule has 1 fully saturated rings. The minimum Gasteiger partial charge on any atom is -0.464 e. The smallest absolute Gasteiger partial charge is 0.131 e. The van der Waals surface area contributed by atoms with Gasteiger partial charge in [-0.05, 0) is 38.2 Å². The topological polar surface area (TPSA) is 25.2 Å². The van der Waals surface area contributed by atoms with E-state index in [-0.39, 0.29) is 0 Å². The van der Waals surface area contributed by atoms with Crippen LogP contribution in [0.5, 0.6) is 0 Å². The Bertz CT molecular complexity index is 284. The zero-order valence-electron chi connectivity index (χ0n) is 8.04. The van der Waals surface area contributed by atoms with Gasteiger partial charge >= 0.3 is 0 Å². The maximum absolute atomic E-state index is 5.59. The molecule has 0 radical (unpaired) electrons. The van der Waals surface area contributed by atoms with E-state index in [1.807, 2.05) is 24.8 Å². The molecule has 72 valence electrons. The summed E-state index contributed by atoms with van der Waals surface area (Å²) in [4.78, 5) is 0. The van der Waals surface area contributed by atoms with Crippen LogP contribution in [-0.2, 0) is 0 Å². The summed E-state index contributed by atoms with van der Waals surface area (Å²) in [7, 11) is 0. The van der Waals surface area contributed by atoms with E-state index in [4.69, 9.17) is 4.42 Å². The molecule has 1 saturated heterocycles. The summed E-state index contributed by atoms with van der Waals surface area (Å²) in [5.74, 6) is 3.28. The molecule has 0 bridgehead atoms. The third-order valence-electron chi connectivity index (χ3n) is 2.29. The predicted molar refractivity (Wildman–Crippen MR) is 55.9 cm³/mol. The van der Waals surface area contributed by atoms with Crippen LogP contribution in [0, 0.1) is 6.92 Å². The molecular weight excluding hydrogens is 182 g/mol. The molecule has 2 atom stereocenters. The Kier molecular flexibility index (Phi) is 2.65. The lowest BCUT2D eigenvalue weighted by Gasteiger charge is -2.26. The van der Waals surface area contributed by atoms with Crippen LogP contribution >= 0.6 is 11.8 Å². The molecule has 1 aliphatic rings. The lowest BCUT2D eigenvalue weighted by Crippen LogP contribution is -2.33. The molecular formula is C10H15NOS. The highest BCUT2D eigenvalue weighted by Gasteiger charge is 2.21. The molecule has 2 heterocycles. The Balaban J connectivity index is 2.08. The predicted octanol–water partition coefficient (Wildman–Crippen LogP) is 2.70. The van der Waals surface area contributed by atoms with Gasteiger partial charge in [0.05, 0.1) is 0 Å². The van der Waals surface area contributed by atoms with Gasteiger partial charge in [0.25, 0.3) is 0 Å². The largest absolute Gasteiger partial charge is 0.464 e. The number of thioether (sulfide) groups is 1. The molecule has 0 aliphatic carbocycles. The average molecular weight is 197 g/mol. The molecule has 0 saturated carbocycles. The van der Waals surface area contributed by atoms with Crippen LogP contribution in [-0.4, -0.2) is 11.8 Å². The van der Waals surface area contributed by atoms with Crippen molar-refractivity contribution in [2.45, 2.75) is 31.7 Å². The van der Waals surface area contributed by atoms with Gasteiger partial charge < -0.3 is 4.42 Å². The maximum atomic E-state index is 5.59. The van der Waals surface area contributed by atoms with Gasteiger partial charge in [-0.1, -0.05) is 0 Å². The minimum absolute atomic E-state index is 0.359. The molecule has 2 rings (SSSR count). The molecule has 1 aromatic heterocycles. The van der Waals surface area contributed by atoms with E-state index in [1.165, 1.54) is 12.2 Å². The van der Waals surface area contributed by atoms with Crippen LogP contribution < -0.4 is 5.32 Å². The van der Waals surface area contributed by atoms with Gasteiger partial charge in [-0.2, -0.15) is 0 Å². The summed E-state index contributed by atoms with van der Waals surface area (Å²) >= 11 is 1.93. The normalized spacial score (nSPS) is 29.1. The molecule has 13 heavy (non-hydrogen) atoms. The zero-order valence-corrected chi connectivity index (χ0v) is 8.86. The first-order valence-electron chi connectivity index (χ1n) is 4.69. The standard InChI is InChI=1S/C10H15NOS/c1-7-5-6-13-10(11-7)9-4-3-8(2)12-9/h3-4,7,10-11H,5-6H2,1-2H3. The van der Waals surface area contributed by atoms with E-state index in [0.717, 1.165) is 11.5 Å². The van der Waals surface area contributed by atoms with E-state index in [9.17, 15) is 0 Å². The van der Waals surface area contributed by atoms with Crippen molar-refractivity contribution in [1.29, 1.82) is 0 Å². The van der Waals surface area contributed by atoms with E-state index in [1.54, 1.807) is 0 Å². The highest BCUT2D eigenvalue weighted by atomic mass is 32.2. The van der Waals surface area contributed by atoms with Crippen LogP contribution in [0.2, 0.25) is 0 Å². The van der Waals surface area contributed by atoms with Crippen molar-refractivity contribution < 1.29 is 4.42 Å². The Labute approximate surface area is 83.1 Å². The number of aryl methyl sites for hydroxylation is 1. The van der Waals surface area contributed by atoms with Crippen LogP contribution in [0.25, 0.3) is 0 Å². The first kappa shape index (κ1) is 9.16. The van der Waals surface area contributed by atoms with Crippen molar-refractivity contribution in [2.75, 3.05) is 5.75 Å². The van der Waals surface area contributed by atoms with E-state index in [2.05, 4.69) is 18.3 Å². The van der Waals surface area contributed by atoms with Gasteiger partial charge in [0.1, 0.15) is 16.9 Å². The number of furan rings is 1. The van der Waals surface area contributed by atoms with Crippen molar-refractivity contribution in [3.8, 4) is 0 Å². The minimum atomic E-state index is 0.359. The Morgan fingerprint density at radius 1 is 1.54 bits per heavy atom. The molecule has 1 N–H and O–H groups in total. The molecule has 2 unspecified atom stereocenters. The summed E-state index contributed by atoms with van der Waals surface area (Å²) in [5, 5.41) is 3.87. The van der Waals surface area contributed by atoms with Gasteiger partial charge in [0.2, 0.25) is 0 Å². The van der Waals surface area contributed by atoms with Crippen LogP contribution in [0.15, 0.2) is 16.5 Å². The van der Waals surface area contributed by atoms with Gasteiger partial charge in [0.15, 0.2) is 0 Å². The lowest BCUT2D eigenvalue weighted by molar-refractivity contribution is 0.422. The summed E-state index contributed by atoms with van der Waals surface area (Å²) in [6, 6.07) is 4.70. The van der Waals surface area contributed by atoms with Gasteiger partial charge in [-0.3, -0.25) is 5.32 Å². The quantitative estimate of drug-likeness (QED) is 0.749. The Morgan fingerprint density at radius 2 is 2.38 bits per heavy atom. The van der Waals surface area contributed by atoms with Crippen LogP contribution in [0.3, 0.4) is 0 Å². The fourth-order valence-corrected chi connectivity index (χ4v) is 2.86. The lowest BCUT2D eigenvalue weighted by atomic mass is 10.2. The van der Waals surface area contributed by atoms with Crippen molar-refractivity contribution in [1.82, 2.24) is 5.32 Å². The first-order valence-corrected chi connectivity index (χ1v) is 5.74.